The van der Waals surface area contributed by atoms with Gasteiger partial charge in [0.25, 0.3) is 0 Å². The highest BCUT2D eigenvalue weighted by atomic mass is 16.3. The highest BCUT2D eigenvalue weighted by molar-refractivity contribution is 6.16. The van der Waals surface area contributed by atoms with Gasteiger partial charge in [0.05, 0.1) is 11.0 Å². The molecule has 4 aromatic heterocycles. The van der Waals surface area contributed by atoms with E-state index in [0.717, 1.165) is 110 Å². The fraction of sp³-hybridized carbons (Fsp3) is 0.0800. The maximum absolute atomic E-state index is 6.62. The van der Waals surface area contributed by atoms with Crippen LogP contribution in [0, 0.1) is 0 Å². The van der Waals surface area contributed by atoms with Crippen molar-refractivity contribution in [2.45, 2.75) is 39.5 Å². The van der Waals surface area contributed by atoms with Crippen LogP contribution in [0.25, 0.3) is 150 Å². The minimum absolute atomic E-state index is 0.106. The van der Waals surface area contributed by atoms with E-state index in [1.54, 1.807) is 0 Å². The summed E-state index contributed by atoms with van der Waals surface area (Å²) in [4.78, 5) is 15.6. The summed E-state index contributed by atoms with van der Waals surface area (Å²) in [6.45, 7) is 8.94. The summed E-state index contributed by atoms with van der Waals surface area (Å²) in [5, 5.41) is 6.62. The first-order valence-electron chi connectivity index (χ1n) is 28.0. The summed E-state index contributed by atoms with van der Waals surface area (Å²) >= 11 is 0. The van der Waals surface area contributed by atoms with Gasteiger partial charge in [-0.05, 0) is 105 Å². The molecule has 0 atom stereocenters. The Balaban J connectivity index is 0.00000184. The van der Waals surface area contributed by atoms with Crippen LogP contribution in [0.2, 0.25) is 0 Å². The van der Waals surface area contributed by atoms with Gasteiger partial charge in [0.15, 0.2) is 17.5 Å². The number of aromatic nitrogens is 4. The molecule has 0 bridgehead atoms. The van der Waals surface area contributed by atoms with Crippen LogP contribution in [-0.4, -0.2) is 19.5 Å². The van der Waals surface area contributed by atoms with Gasteiger partial charge < -0.3 is 13.4 Å². The molecule has 0 spiro atoms. The molecule has 15 aromatic rings. The van der Waals surface area contributed by atoms with E-state index in [9.17, 15) is 0 Å². The lowest BCUT2D eigenvalue weighted by Crippen LogP contribution is -2.14. The van der Waals surface area contributed by atoms with Crippen molar-refractivity contribution in [3.05, 3.63) is 254 Å². The molecule has 81 heavy (non-hydrogen) atoms. The van der Waals surface area contributed by atoms with E-state index in [-0.39, 0.29) is 5.41 Å². The molecule has 0 N–H and O–H groups in total. The van der Waals surface area contributed by atoms with Gasteiger partial charge in [0, 0.05) is 71.2 Å². The Hall–Kier alpha value is -10.2. The SMILES string of the molecule is CC1(C)c2ccccc2-c2ccc(-c3cccc(-c4cccc5c6cc(-c7cccc8c7oc7ccccc78)ccc6n(-c6cccc(-c7nc(-c8ccccc8)nc(-c8ccc9c(c8)oc8ccccc89)n7)c6)c45)c3)cc21.CCC. The largest absolute Gasteiger partial charge is 0.456 e. The van der Waals surface area contributed by atoms with Gasteiger partial charge >= 0.3 is 0 Å². The van der Waals surface area contributed by atoms with E-state index in [1.807, 2.05) is 66.7 Å². The molecular formula is C75H54N4O2. The van der Waals surface area contributed by atoms with Crippen LogP contribution in [0.4, 0.5) is 0 Å². The second-order valence-corrected chi connectivity index (χ2v) is 21.8. The molecule has 6 nitrogen and oxygen atoms in total. The molecule has 11 aromatic carbocycles. The second-order valence-electron chi connectivity index (χ2n) is 21.8. The quantitative estimate of drug-likeness (QED) is 0.159. The second kappa shape index (κ2) is 19.0. The summed E-state index contributed by atoms with van der Waals surface area (Å²) in [6.07, 6.45) is 1.25. The molecule has 0 radical (unpaired) electrons. The Morgan fingerprint density at radius 1 is 0.346 bits per heavy atom. The Bertz CT molecular complexity index is 4980. The summed E-state index contributed by atoms with van der Waals surface area (Å²) in [5.74, 6) is 1.73. The predicted octanol–water partition coefficient (Wildman–Crippen LogP) is 20.5. The lowest BCUT2D eigenvalue weighted by Gasteiger charge is -2.22. The first-order chi connectivity index (χ1) is 39.8. The minimum atomic E-state index is -0.106. The lowest BCUT2D eigenvalue weighted by atomic mass is 9.81. The molecule has 16 rings (SSSR count). The standard InChI is InChI=1S/C72H46N4O2.C3H8/c1-72(2)61-29-9-6-22-53(61)54-35-32-45(41-62(54)72)44-18-12-19-46(38-44)51-25-14-27-58-60-40-47(52-26-15-28-59-56-24-8-11-31-65(56)78-68(52)59)34-37-63(60)76(67(51)58)50-21-13-20-48(39-50)70-73-69(43-16-4-3-5-17-43)74-71(75-70)49-33-36-57-55-23-7-10-30-64(55)77-66(57)42-49;1-3-2/h3-42H,1-2H3;3H2,1-2H3. The van der Waals surface area contributed by atoms with E-state index in [4.69, 9.17) is 23.8 Å². The van der Waals surface area contributed by atoms with Crippen LogP contribution in [0.15, 0.2) is 251 Å². The Kier molecular flexibility index (Phi) is 11.3. The zero-order chi connectivity index (χ0) is 54.3. The summed E-state index contributed by atoms with van der Waals surface area (Å²) in [6, 6.07) is 86.4. The summed E-state index contributed by atoms with van der Waals surface area (Å²) in [5.41, 5.74) is 21.2. The van der Waals surface area contributed by atoms with Gasteiger partial charge in [-0.15, -0.1) is 0 Å². The third kappa shape index (κ3) is 7.89. The van der Waals surface area contributed by atoms with E-state index >= 15 is 0 Å². The summed E-state index contributed by atoms with van der Waals surface area (Å²) in [7, 11) is 0. The van der Waals surface area contributed by atoms with Crippen molar-refractivity contribution in [1.29, 1.82) is 0 Å². The van der Waals surface area contributed by atoms with Crippen molar-refractivity contribution >= 4 is 65.7 Å². The molecule has 1 aliphatic rings. The molecule has 0 unspecified atom stereocenters. The molecule has 6 heteroatoms. The molecule has 0 aliphatic heterocycles. The van der Waals surface area contributed by atoms with E-state index in [2.05, 4.69) is 208 Å². The zero-order valence-electron chi connectivity index (χ0n) is 45.4. The maximum Gasteiger partial charge on any atom is 0.164 e. The van der Waals surface area contributed by atoms with Gasteiger partial charge in [-0.25, -0.2) is 15.0 Å². The Morgan fingerprint density at radius 2 is 0.877 bits per heavy atom. The van der Waals surface area contributed by atoms with Crippen LogP contribution in [0.1, 0.15) is 45.2 Å². The molecule has 1 aliphatic carbocycles. The number of hydrogen-bond donors (Lipinski definition) is 0. The minimum Gasteiger partial charge on any atom is -0.456 e. The molecule has 386 valence electrons. The lowest BCUT2D eigenvalue weighted by molar-refractivity contribution is 0.660. The van der Waals surface area contributed by atoms with Gasteiger partial charge in [-0.3, -0.25) is 0 Å². The average molecular weight is 1040 g/mol. The van der Waals surface area contributed by atoms with Crippen LogP contribution in [0.3, 0.4) is 0 Å². The number of benzene rings is 11. The van der Waals surface area contributed by atoms with Gasteiger partial charge in [0.1, 0.15) is 22.3 Å². The summed E-state index contributed by atoms with van der Waals surface area (Å²) < 4.78 is 15.4. The third-order valence-corrected chi connectivity index (χ3v) is 16.3. The van der Waals surface area contributed by atoms with Crippen LogP contribution in [-0.2, 0) is 5.41 Å². The number of furan rings is 2. The molecular weight excluding hydrogens is 989 g/mol. The topological polar surface area (TPSA) is 69.9 Å². The molecule has 0 fully saturated rings. The first-order valence-corrected chi connectivity index (χ1v) is 28.0. The maximum atomic E-state index is 6.62. The number of fused-ring (bicyclic) bond motifs is 12. The van der Waals surface area contributed by atoms with E-state index in [1.165, 1.54) is 39.8 Å². The highest BCUT2D eigenvalue weighted by Crippen LogP contribution is 2.50. The zero-order valence-corrected chi connectivity index (χ0v) is 45.4. The van der Waals surface area contributed by atoms with E-state index in [0.29, 0.717) is 17.5 Å². The number of para-hydroxylation sites is 4. The smallest absolute Gasteiger partial charge is 0.164 e. The van der Waals surface area contributed by atoms with Crippen molar-refractivity contribution in [3.63, 3.8) is 0 Å². The number of hydrogen-bond acceptors (Lipinski definition) is 5. The Morgan fingerprint density at radius 3 is 1.69 bits per heavy atom. The van der Waals surface area contributed by atoms with Crippen molar-refractivity contribution in [2.24, 2.45) is 0 Å². The van der Waals surface area contributed by atoms with Crippen LogP contribution in [0.5, 0.6) is 0 Å². The average Bonchev–Trinajstić information content (AvgIpc) is 4.42. The number of rotatable bonds is 7. The van der Waals surface area contributed by atoms with Crippen LogP contribution >= 0.6 is 0 Å². The molecule has 0 saturated heterocycles. The van der Waals surface area contributed by atoms with Crippen molar-refractivity contribution in [1.82, 2.24) is 19.5 Å². The highest BCUT2D eigenvalue weighted by Gasteiger charge is 2.35. The molecule has 0 saturated carbocycles. The van der Waals surface area contributed by atoms with Crippen molar-refractivity contribution < 1.29 is 8.83 Å². The first kappa shape index (κ1) is 48.0. The van der Waals surface area contributed by atoms with Gasteiger partial charge in [-0.1, -0.05) is 216 Å². The molecule has 0 amide bonds. The third-order valence-electron chi connectivity index (χ3n) is 16.3. The van der Waals surface area contributed by atoms with E-state index < -0.39 is 0 Å². The van der Waals surface area contributed by atoms with Gasteiger partial charge in [0.2, 0.25) is 0 Å². The normalized spacial score (nSPS) is 12.6. The van der Waals surface area contributed by atoms with Crippen LogP contribution < -0.4 is 0 Å². The number of nitrogens with zero attached hydrogens (tertiary/aromatic N) is 4. The Labute approximate surface area is 469 Å². The molecule has 4 heterocycles. The van der Waals surface area contributed by atoms with Crippen molar-refractivity contribution in [2.75, 3.05) is 0 Å². The fourth-order valence-electron chi connectivity index (χ4n) is 12.5. The fourth-order valence-corrected chi connectivity index (χ4v) is 12.5. The monoisotopic (exact) mass is 1040 g/mol. The van der Waals surface area contributed by atoms with Gasteiger partial charge in [-0.2, -0.15) is 0 Å². The van der Waals surface area contributed by atoms with Crippen molar-refractivity contribution in [3.8, 4) is 84.4 Å². The predicted molar refractivity (Wildman–Crippen MR) is 335 cm³/mol.